The molecule has 5 heteroatoms. The zero-order valence-corrected chi connectivity index (χ0v) is 13.7. The van der Waals surface area contributed by atoms with Gasteiger partial charge < -0.3 is 5.11 Å². The van der Waals surface area contributed by atoms with Gasteiger partial charge in [-0.05, 0) is 24.5 Å². The molecule has 21 heavy (non-hydrogen) atoms. The number of hydrogen-bond donors (Lipinski definition) is 1. The average Bonchev–Trinajstić information content (AvgIpc) is 2.45. The number of benzene rings is 1. The maximum atomic E-state index is 12.6. The fourth-order valence-electron chi connectivity index (χ4n) is 1.74. The Morgan fingerprint density at radius 1 is 1.29 bits per heavy atom. The zero-order valence-electron chi connectivity index (χ0n) is 12.8. The first-order chi connectivity index (χ1) is 9.89. The molecule has 0 heterocycles. The summed E-state index contributed by atoms with van der Waals surface area (Å²) >= 11 is 0. The van der Waals surface area contributed by atoms with E-state index in [1.54, 1.807) is 31.3 Å². The summed E-state index contributed by atoms with van der Waals surface area (Å²) in [6.07, 6.45) is 1.14. The quantitative estimate of drug-likeness (QED) is 0.819. The van der Waals surface area contributed by atoms with E-state index in [-0.39, 0.29) is 11.5 Å². The van der Waals surface area contributed by atoms with Gasteiger partial charge in [-0.3, -0.25) is 0 Å². The fourth-order valence-corrected chi connectivity index (χ4v) is 3.07. The van der Waals surface area contributed by atoms with Crippen molar-refractivity contribution in [2.24, 2.45) is 5.92 Å². The second-order valence-corrected chi connectivity index (χ2v) is 7.29. The molecular weight excluding hydrogens is 286 g/mol. The second-order valence-electron chi connectivity index (χ2n) is 5.28. The number of hydrogen-bond acceptors (Lipinski definition) is 3. The van der Waals surface area contributed by atoms with Gasteiger partial charge in [0.2, 0.25) is 10.0 Å². The Labute approximate surface area is 127 Å². The molecule has 0 saturated carbocycles. The molecule has 0 unspecified atom stereocenters. The number of sulfonamides is 1. The Bertz CT molecular complexity index is 612. The highest BCUT2D eigenvalue weighted by Gasteiger charge is 2.23. The van der Waals surface area contributed by atoms with Gasteiger partial charge in [-0.1, -0.05) is 37.8 Å². The van der Waals surface area contributed by atoms with Crippen molar-refractivity contribution < 1.29 is 13.5 Å². The molecule has 4 nitrogen and oxygen atoms in total. The Morgan fingerprint density at radius 2 is 1.95 bits per heavy atom. The third-order valence-electron chi connectivity index (χ3n) is 3.06. The van der Waals surface area contributed by atoms with Gasteiger partial charge in [-0.15, -0.1) is 0 Å². The van der Waals surface area contributed by atoms with Gasteiger partial charge in [-0.25, -0.2) is 12.7 Å². The predicted octanol–water partition coefficient (Wildman–Crippen LogP) is 2.09. The van der Waals surface area contributed by atoms with Gasteiger partial charge in [0.15, 0.2) is 0 Å². The van der Waals surface area contributed by atoms with Crippen LogP contribution in [0, 0.1) is 17.8 Å². The molecule has 0 amide bonds. The molecule has 116 valence electrons. The Kier molecular flexibility index (Phi) is 6.90. The molecule has 1 N–H and O–H groups in total. The Morgan fingerprint density at radius 3 is 2.57 bits per heavy atom. The Balaban J connectivity index is 3.06. The summed E-state index contributed by atoms with van der Waals surface area (Å²) in [5.74, 6) is 6.04. The van der Waals surface area contributed by atoms with E-state index in [0.29, 0.717) is 24.4 Å². The van der Waals surface area contributed by atoms with Crippen molar-refractivity contribution >= 4 is 10.0 Å². The molecule has 1 aromatic rings. The van der Waals surface area contributed by atoms with E-state index in [9.17, 15) is 8.42 Å². The summed E-state index contributed by atoms with van der Waals surface area (Å²) in [7, 11) is -1.94. The number of aliphatic hydroxyl groups is 1. The minimum atomic E-state index is -3.53. The van der Waals surface area contributed by atoms with E-state index >= 15 is 0 Å². The summed E-state index contributed by atoms with van der Waals surface area (Å²) in [6, 6.07) is 6.72. The number of rotatable bonds is 6. The van der Waals surface area contributed by atoms with Gasteiger partial charge in [0.25, 0.3) is 0 Å². The van der Waals surface area contributed by atoms with Crippen LogP contribution in [0.1, 0.15) is 32.3 Å². The van der Waals surface area contributed by atoms with Crippen LogP contribution in [0.5, 0.6) is 0 Å². The molecule has 0 aliphatic heterocycles. The molecule has 0 spiro atoms. The lowest BCUT2D eigenvalue weighted by atomic mass is 10.1. The first kappa shape index (κ1) is 17.7. The molecule has 0 atom stereocenters. The first-order valence-electron chi connectivity index (χ1n) is 7.04. The van der Waals surface area contributed by atoms with Crippen molar-refractivity contribution in [3.05, 3.63) is 29.8 Å². The molecule has 0 aromatic heterocycles. The number of nitrogens with zero attached hydrogens (tertiary/aromatic N) is 1. The molecule has 1 aromatic carbocycles. The molecule has 1 rings (SSSR count). The summed E-state index contributed by atoms with van der Waals surface area (Å²) < 4.78 is 26.6. The molecule has 0 saturated heterocycles. The van der Waals surface area contributed by atoms with Crippen LogP contribution >= 0.6 is 0 Å². The highest BCUT2D eigenvalue weighted by atomic mass is 32.2. The monoisotopic (exact) mass is 309 g/mol. The van der Waals surface area contributed by atoms with Crippen LogP contribution in [-0.2, 0) is 10.0 Å². The standard InChI is InChI=1S/C16H23NO3S/c1-14(2)11-12-17(3)21(19,20)16-10-5-4-8-15(16)9-6-7-13-18/h4-5,8,10,14,18H,7,11-13H2,1-3H3. The van der Waals surface area contributed by atoms with Gasteiger partial charge in [0.05, 0.1) is 11.5 Å². The normalized spacial score (nSPS) is 11.5. The molecular formula is C16H23NO3S. The highest BCUT2D eigenvalue weighted by Crippen LogP contribution is 2.19. The van der Waals surface area contributed by atoms with Crippen molar-refractivity contribution in [2.45, 2.75) is 31.6 Å². The maximum absolute atomic E-state index is 12.6. The first-order valence-corrected chi connectivity index (χ1v) is 8.48. The van der Waals surface area contributed by atoms with Gasteiger partial charge in [0.1, 0.15) is 0 Å². The lowest BCUT2D eigenvalue weighted by Gasteiger charge is -2.19. The lowest BCUT2D eigenvalue weighted by Crippen LogP contribution is -2.29. The molecule has 0 aliphatic rings. The van der Waals surface area contributed by atoms with E-state index in [0.717, 1.165) is 6.42 Å². The van der Waals surface area contributed by atoms with Crippen LogP contribution in [0.2, 0.25) is 0 Å². The van der Waals surface area contributed by atoms with E-state index in [1.165, 1.54) is 4.31 Å². The third-order valence-corrected chi connectivity index (χ3v) is 4.97. The summed E-state index contributed by atoms with van der Waals surface area (Å²) in [5, 5.41) is 8.75. The van der Waals surface area contributed by atoms with E-state index in [1.807, 2.05) is 0 Å². The average molecular weight is 309 g/mol. The van der Waals surface area contributed by atoms with Crippen molar-refractivity contribution in [3.8, 4) is 11.8 Å². The molecule has 0 aliphatic carbocycles. The van der Waals surface area contributed by atoms with Gasteiger partial charge in [0, 0.05) is 25.6 Å². The topological polar surface area (TPSA) is 57.6 Å². The fraction of sp³-hybridized carbons (Fsp3) is 0.500. The van der Waals surface area contributed by atoms with Crippen molar-refractivity contribution in [2.75, 3.05) is 20.2 Å². The summed E-state index contributed by atoms with van der Waals surface area (Å²) in [6.45, 7) is 4.58. The summed E-state index contributed by atoms with van der Waals surface area (Å²) in [5.41, 5.74) is 0.474. The SMILES string of the molecule is CC(C)CCN(C)S(=O)(=O)c1ccccc1C#CCCO. The lowest BCUT2D eigenvalue weighted by molar-refractivity contribution is 0.305. The van der Waals surface area contributed by atoms with Crippen LogP contribution in [-0.4, -0.2) is 38.0 Å². The second kappa shape index (κ2) is 8.18. The third kappa shape index (κ3) is 5.16. The minimum absolute atomic E-state index is 0.0315. The smallest absolute Gasteiger partial charge is 0.244 e. The van der Waals surface area contributed by atoms with Crippen molar-refractivity contribution in [3.63, 3.8) is 0 Å². The van der Waals surface area contributed by atoms with Crippen LogP contribution < -0.4 is 0 Å². The highest BCUT2D eigenvalue weighted by molar-refractivity contribution is 7.89. The van der Waals surface area contributed by atoms with Crippen LogP contribution in [0.4, 0.5) is 0 Å². The van der Waals surface area contributed by atoms with E-state index < -0.39 is 10.0 Å². The van der Waals surface area contributed by atoms with Crippen LogP contribution in [0.3, 0.4) is 0 Å². The largest absolute Gasteiger partial charge is 0.395 e. The van der Waals surface area contributed by atoms with Crippen LogP contribution in [0.15, 0.2) is 29.2 Å². The summed E-state index contributed by atoms with van der Waals surface area (Å²) in [4.78, 5) is 0.224. The van der Waals surface area contributed by atoms with E-state index in [2.05, 4.69) is 25.7 Å². The molecule has 0 radical (unpaired) electrons. The van der Waals surface area contributed by atoms with Crippen molar-refractivity contribution in [1.29, 1.82) is 0 Å². The Hall–Kier alpha value is -1.35. The minimum Gasteiger partial charge on any atom is -0.395 e. The predicted molar refractivity (Wildman–Crippen MR) is 84.3 cm³/mol. The van der Waals surface area contributed by atoms with Gasteiger partial charge >= 0.3 is 0 Å². The van der Waals surface area contributed by atoms with Crippen LogP contribution in [0.25, 0.3) is 0 Å². The number of aliphatic hydroxyl groups excluding tert-OH is 1. The molecule has 0 bridgehead atoms. The van der Waals surface area contributed by atoms with Crippen molar-refractivity contribution in [1.82, 2.24) is 4.31 Å². The van der Waals surface area contributed by atoms with Gasteiger partial charge in [-0.2, -0.15) is 0 Å². The maximum Gasteiger partial charge on any atom is 0.244 e. The molecule has 0 fully saturated rings. The zero-order chi connectivity index (χ0) is 15.9. The van der Waals surface area contributed by atoms with E-state index in [4.69, 9.17) is 5.11 Å².